The standard InChI is InChI=1S/C9H15/c1-9(2)6-8(9)5-7-3-4-7/h7H,3-6H2,1-2H3. The molecule has 0 unspecified atom stereocenters. The Balaban J connectivity index is 1.77. The summed E-state index contributed by atoms with van der Waals surface area (Å²) in [7, 11) is 0. The Bertz CT molecular complexity index is 120. The van der Waals surface area contributed by atoms with Crippen molar-refractivity contribution in [2.75, 3.05) is 0 Å². The van der Waals surface area contributed by atoms with E-state index in [1.54, 1.807) is 0 Å². The van der Waals surface area contributed by atoms with Gasteiger partial charge in [-0.1, -0.05) is 26.7 Å². The van der Waals surface area contributed by atoms with E-state index in [9.17, 15) is 0 Å². The molecule has 0 amide bonds. The van der Waals surface area contributed by atoms with Crippen molar-refractivity contribution in [2.24, 2.45) is 11.3 Å². The summed E-state index contributed by atoms with van der Waals surface area (Å²) >= 11 is 0. The van der Waals surface area contributed by atoms with Gasteiger partial charge >= 0.3 is 0 Å². The summed E-state index contributed by atoms with van der Waals surface area (Å²) in [5.74, 6) is 2.95. The molecule has 0 aromatic carbocycles. The fourth-order valence-corrected chi connectivity index (χ4v) is 1.51. The SMILES string of the molecule is CC1(C)C[C]1CC1CC1. The summed E-state index contributed by atoms with van der Waals surface area (Å²) in [4.78, 5) is 0. The fraction of sp³-hybridized carbons (Fsp3) is 0.889. The average molecular weight is 123 g/mol. The van der Waals surface area contributed by atoms with E-state index in [0.29, 0.717) is 5.41 Å². The molecule has 2 aliphatic carbocycles. The van der Waals surface area contributed by atoms with Crippen LogP contribution in [-0.4, -0.2) is 0 Å². The third-order valence-electron chi connectivity index (χ3n) is 2.72. The molecule has 0 heterocycles. The third-order valence-corrected chi connectivity index (χ3v) is 2.72. The summed E-state index contributed by atoms with van der Waals surface area (Å²) in [6.45, 7) is 4.73. The van der Waals surface area contributed by atoms with Gasteiger partial charge in [-0.2, -0.15) is 0 Å². The minimum Gasteiger partial charge on any atom is -0.0593 e. The Kier molecular flexibility index (Phi) is 0.980. The van der Waals surface area contributed by atoms with Crippen LogP contribution in [0.4, 0.5) is 0 Å². The largest absolute Gasteiger partial charge is 0.0593 e. The highest BCUT2D eigenvalue weighted by Gasteiger charge is 2.47. The lowest BCUT2D eigenvalue weighted by Crippen LogP contribution is -1.88. The monoisotopic (exact) mass is 123 g/mol. The Morgan fingerprint density at radius 3 is 2.33 bits per heavy atom. The van der Waals surface area contributed by atoms with E-state index in [1.807, 2.05) is 5.92 Å². The zero-order valence-electron chi connectivity index (χ0n) is 6.41. The normalized spacial score (nSPS) is 32.7. The summed E-state index contributed by atoms with van der Waals surface area (Å²) in [6, 6.07) is 0. The first-order valence-electron chi connectivity index (χ1n) is 4.04. The van der Waals surface area contributed by atoms with Crippen LogP contribution in [0.3, 0.4) is 0 Å². The minimum atomic E-state index is 0.655. The lowest BCUT2D eigenvalue weighted by Gasteiger charge is -1.98. The molecular formula is C9H15. The number of hydrogen-bond donors (Lipinski definition) is 0. The Labute approximate surface area is 57.6 Å². The van der Waals surface area contributed by atoms with Crippen molar-refractivity contribution in [1.82, 2.24) is 0 Å². The zero-order valence-corrected chi connectivity index (χ0v) is 6.41. The molecule has 0 aromatic heterocycles. The lowest BCUT2D eigenvalue weighted by molar-refractivity contribution is 0.628. The van der Waals surface area contributed by atoms with Gasteiger partial charge in [0.2, 0.25) is 0 Å². The smallest absolute Gasteiger partial charge is 0.0176 e. The van der Waals surface area contributed by atoms with E-state index >= 15 is 0 Å². The molecule has 0 nitrogen and oxygen atoms in total. The van der Waals surface area contributed by atoms with Gasteiger partial charge in [0.15, 0.2) is 0 Å². The van der Waals surface area contributed by atoms with Crippen LogP contribution in [0.2, 0.25) is 0 Å². The minimum absolute atomic E-state index is 0.655. The Hall–Kier alpha value is 0. The molecule has 0 spiro atoms. The highest BCUT2D eigenvalue weighted by Crippen LogP contribution is 2.59. The van der Waals surface area contributed by atoms with Gasteiger partial charge in [-0.15, -0.1) is 0 Å². The second-order valence-corrected chi connectivity index (χ2v) is 4.31. The molecule has 2 fully saturated rings. The number of hydrogen-bond acceptors (Lipinski definition) is 0. The molecule has 2 rings (SSSR count). The predicted octanol–water partition coefficient (Wildman–Crippen LogP) is 2.79. The van der Waals surface area contributed by atoms with E-state index in [4.69, 9.17) is 0 Å². The van der Waals surface area contributed by atoms with Crippen LogP contribution in [0.25, 0.3) is 0 Å². The molecule has 1 radical (unpaired) electrons. The topological polar surface area (TPSA) is 0 Å². The average Bonchev–Trinajstić information content (AvgIpc) is 2.54. The molecule has 0 bridgehead atoms. The first-order valence-corrected chi connectivity index (χ1v) is 4.04. The first-order chi connectivity index (χ1) is 4.18. The van der Waals surface area contributed by atoms with E-state index < -0.39 is 0 Å². The van der Waals surface area contributed by atoms with E-state index in [0.717, 1.165) is 5.92 Å². The van der Waals surface area contributed by atoms with Gasteiger partial charge in [0.05, 0.1) is 0 Å². The van der Waals surface area contributed by atoms with Crippen LogP contribution in [0.5, 0.6) is 0 Å². The van der Waals surface area contributed by atoms with Crippen molar-refractivity contribution in [3.05, 3.63) is 5.92 Å². The van der Waals surface area contributed by atoms with E-state index in [2.05, 4.69) is 13.8 Å². The van der Waals surface area contributed by atoms with Crippen molar-refractivity contribution >= 4 is 0 Å². The van der Waals surface area contributed by atoms with Gasteiger partial charge in [0, 0.05) is 0 Å². The van der Waals surface area contributed by atoms with Crippen LogP contribution in [0.1, 0.15) is 39.5 Å². The Morgan fingerprint density at radius 1 is 1.44 bits per heavy atom. The second kappa shape index (κ2) is 1.53. The predicted molar refractivity (Wildman–Crippen MR) is 39.0 cm³/mol. The zero-order chi connectivity index (χ0) is 6.48. The van der Waals surface area contributed by atoms with Crippen molar-refractivity contribution in [1.29, 1.82) is 0 Å². The van der Waals surface area contributed by atoms with Crippen molar-refractivity contribution < 1.29 is 0 Å². The van der Waals surface area contributed by atoms with E-state index in [-0.39, 0.29) is 0 Å². The van der Waals surface area contributed by atoms with Crippen LogP contribution in [0, 0.1) is 17.3 Å². The molecule has 0 heteroatoms. The highest BCUT2D eigenvalue weighted by molar-refractivity contribution is 5.22. The van der Waals surface area contributed by atoms with Gasteiger partial charge in [-0.25, -0.2) is 0 Å². The molecular weight excluding hydrogens is 108 g/mol. The van der Waals surface area contributed by atoms with Crippen molar-refractivity contribution in [3.8, 4) is 0 Å². The van der Waals surface area contributed by atoms with Crippen LogP contribution in [-0.2, 0) is 0 Å². The molecule has 0 aliphatic heterocycles. The quantitative estimate of drug-likeness (QED) is 0.529. The van der Waals surface area contributed by atoms with E-state index in [1.165, 1.54) is 25.7 Å². The maximum absolute atomic E-state index is 2.37. The maximum Gasteiger partial charge on any atom is -0.0176 e. The first kappa shape index (κ1) is 5.76. The van der Waals surface area contributed by atoms with Crippen LogP contribution < -0.4 is 0 Å². The fourth-order valence-electron chi connectivity index (χ4n) is 1.51. The molecule has 0 aromatic rings. The van der Waals surface area contributed by atoms with Crippen LogP contribution >= 0.6 is 0 Å². The van der Waals surface area contributed by atoms with Crippen molar-refractivity contribution in [2.45, 2.75) is 39.5 Å². The summed E-state index contributed by atoms with van der Waals surface area (Å²) in [5, 5.41) is 0. The molecule has 0 saturated heterocycles. The molecule has 2 saturated carbocycles. The van der Waals surface area contributed by atoms with Gasteiger partial charge in [0.1, 0.15) is 0 Å². The molecule has 2 aliphatic rings. The van der Waals surface area contributed by atoms with Crippen LogP contribution in [0.15, 0.2) is 0 Å². The molecule has 0 atom stereocenters. The highest BCUT2D eigenvalue weighted by atomic mass is 14.5. The lowest BCUT2D eigenvalue weighted by atomic mass is 10.1. The molecule has 0 N–H and O–H groups in total. The van der Waals surface area contributed by atoms with Gasteiger partial charge in [-0.05, 0) is 30.1 Å². The van der Waals surface area contributed by atoms with Gasteiger partial charge < -0.3 is 0 Å². The molecule has 51 valence electrons. The summed E-state index contributed by atoms with van der Waals surface area (Å²) in [6.07, 6.45) is 5.91. The van der Waals surface area contributed by atoms with Crippen molar-refractivity contribution in [3.63, 3.8) is 0 Å². The second-order valence-electron chi connectivity index (χ2n) is 4.31. The van der Waals surface area contributed by atoms with Gasteiger partial charge in [-0.3, -0.25) is 0 Å². The number of rotatable bonds is 2. The molecule has 9 heavy (non-hydrogen) atoms. The summed E-state index contributed by atoms with van der Waals surface area (Å²) < 4.78 is 0. The Morgan fingerprint density at radius 2 is 2.00 bits per heavy atom. The summed E-state index contributed by atoms with van der Waals surface area (Å²) in [5.41, 5.74) is 0.655. The third kappa shape index (κ3) is 1.12. The maximum atomic E-state index is 2.37. The van der Waals surface area contributed by atoms with Gasteiger partial charge in [0.25, 0.3) is 0 Å².